The second kappa shape index (κ2) is 6.29. The minimum atomic E-state index is -4.25. The average Bonchev–Trinajstić information content (AvgIpc) is 2.91. The Morgan fingerprint density at radius 1 is 1.24 bits per heavy atom. The predicted octanol–water partition coefficient (Wildman–Crippen LogP) is 2.07. The summed E-state index contributed by atoms with van der Waals surface area (Å²) >= 11 is 0. The number of carbonyl (C=O) groups is 1. The molecule has 0 bridgehead atoms. The lowest BCUT2D eigenvalue weighted by Crippen LogP contribution is -2.59. The number of amides is 1. The Hall–Kier alpha value is -2.16. The molecule has 1 aliphatic heterocycles. The molecular formula is C16H20F3N5O. The van der Waals surface area contributed by atoms with E-state index in [-0.39, 0.29) is 31.1 Å². The third kappa shape index (κ3) is 3.46. The van der Waals surface area contributed by atoms with E-state index in [0.717, 1.165) is 0 Å². The van der Waals surface area contributed by atoms with Crippen molar-refractivity contribution in [2.75, 3.05) is 19.6 Å². The van der Waals surface area contributed by atoms with Crippen molar-refractivity contribution < 1.29 is 18.0 Å². The Morgan fingerprint density at radius 3 is 2.48 bits per heavy atom. The highest BCUT2D eigenvalue weighted by molar-refractivity contribution is 6.04. The Kier molecular flexibility index (Phi) is 4.44. The molecule has 25 heavy (non-hydrogen) atoms. The van der Waals surface area contributed by atoms with Gasteiger partial charge in [-0.25, -0.2) is 4.68 Å². The summed E-state index contributed by atoms with van der Waals surface area (Å²) in [6.07, 6.45) is -4.25. The van der Waals surface area contributed by atoms with Gasteiger partial charge in [-0.3, -0.25) is 9.69 Å². The first-order valence-electron chi connectivity index (χ1n) is 8.07. The normalized spacial score (nSPS) is 22.6. The van der Waals surface area contributed by atoms with E-state index in [1.54, 1.807) is 44.0 Å². The Balaban J connectivity index is 1.83. The molecule has 0 aliphatic carbocycles. The number of halogens is 3. The van der Waals surface area contributed by atoms with Gasteiger partial charge in [-0.1, -0.05) is 11.3 Å². The molecule has 0 saturated carbocycles. The van der Waals surface area contributed by atoms with Crippen LogP contribution < -0.4 is 0 Å². The quantitative estimate of drug-likeness (QED) is 0.828. The maximum Gasteiger partial charge on any atom is 0.401 e. The van der Waals surface area contributed by atoms with E-state index in [1.165, 1.54) is 9.58 Å². The number of nitrogens with zero attached hydrogens (tertiary/aromatic N) is 5. The number of hydrogen-bond acceptors (Lipinski definition) is 4. The van der Waals surface area contributed by atoms with Gasteiger partial charge in [0.05, 0.1) is 12.1 Å². The monoisotopic (exact) mass is 355 g/mol. The van der Waals surface area contributed by atoms with Crippen molar-refractivity contribution in [1.29, 1.82) is 0 Å². The van der Waals surface area contributed by atoms with Crippen LogP contribution in [0.2, 0.25) is 0 Å². The van der Waals surface area contributed by atoms with E-state index in [1.807, 2.05) is 0 Å². The SMILES string of the molecule is C[C@@H]1CN(C(=O)c2cccc3nnn(C)c23)C[C@H](C)N1CC(F)(F)F. The number of fused-ring (bicyclic) bond motifs is 1. The van der Waals surface area contributed by atoms with Crippen molar-refractivity contribution >= 4 is 16.9 Å². The molecule has 0 radical (unpaired) electrons. The first-order chi connectivity index (χ1) is 11.7. The summed E-state index contributed by atoms with van der Waals surface area (Å²) in [7, 11) is 1.71. The van der Waals surface area contributed by atoms with Gasteiger partial charge in [0.2, 0.25) is 0 Å². The highest BCUT2D eigenvalue weighted by atomic mass is 19.4. The number of hydrogen-bond donors (Lipinski definition) is 0. The van der Waals surface area contributed by atoms with E-state index in [9.17, 15) is 18.0 Å². The summed E-state index contributed by atoms with van der Waals surface area (Å²) in [5.41, 5.74) is 1.71. The van der Waals surface area contributed by atoms with Crippen LogP contribution in [-0.2, 0) is 7.05 Å². The lowest BCUT2D eigenvalue weighted by atomic mass is 10.1. The lowest BCUT2D eigenvalue weighted by molar-refractivity contribution is -0.160. The van der Waals surface area contributed by atoms with Gasteiger partial charge in [0.1, 0.15) is 11.0 Å². The van der Waals surface area contributed by atoms with Gasteiger partial charge in [0.15, 0.2) is 0 Å². The highest BCUT2D eigenvalue weighted by Gasteiger charge is 2.39. The van der Waals surface area contributed by atoms with Gasteiger partial charge in [-0.05, 0) is 26.0 Å². The molecule has 1 amide bonds. The van der Waals surface area contributed by atoms with Crippen molar-refractivity contribution in [3.05, 3.63) is 23.8 Å². The van der Waals surface area contributed by atoms with E-state index < -0.39 is 12.7 Å². The molecule has 1 saturated heterocycles. The van der Waals surface area contributed by atoms with Gasteiger partial charge in [0, 0.05) is 32.2 Å². The fraction of sp³-hybridized carbons (Fsp3) is 0.562. The molecule has 9 heteroatoms. The minimum absolute atomic E-state index is 0.207. The van der Waals surface area contributed by atoms with Crippen LogP contribution >= 0.6 is 0 Å². The van der Waals surface area contributed by atoms with Crippen LogP contribution in [0.1, 0.15) is 24.2 Å². The minimum Gasteiger partial charge on any atom is -0.335 e. The van der Waals surface area contributed by atoms with Crippen molar-refractivity contribution in [3.8, 4) is 0 Å². The van der Waals surface area contributed by atoms with Crippen molar-refractivity contribution in [2.45, 2.75) is 32.1 Å². The smallest absolute Gasteiger partial charge is 0.335 e. The molecule has 0 N–H and O–H groups in total. The van der Waals surface area contributed by atoms with Crippen LogP contribution in [-0.4, -0.2) is 68.6 Å². The first-order valence-corrected chi connectivity index (χ1v) is 8.07. The van der Waals surface area contributed by atoms with Crippen LogP contribution in [0.15, 0.2) is 18.2 Å². The fourth-order valence-corrected chi connectivity index (χ4v) is 3.50. The molecule has 2 atom stereocenters. The van der Waals surface area contributed by atoms with Crippen LogP contribution in [0, 0.1) is 0 Å². The number of alkyl halides is 3. The van der Waals surface area contributed by atoms with Gasteiger partial charge in [-0.15, -0.1) is 5.10 Å². The zero-order chi connectivity index (χ0) is 18.4. The molecule has 1 aromatic carbocycles. The van der Waals surface area contributed by atoms with Gasteiger partial charge in [0.25, 0.3) is 5.91 Å². The number of aryl methyl sites for hydroxylation is 1. The maximum atomic E-state index is 13.0. The number of piperazine rings is 1. The molecule has 2 heterocycles. The van der Waals surface area contributed by atoms with Crippen molar-refractivity contribution in [1.82, 2.24) is 24.8 Å². The van der Waals surface area contributed by atoms with Gasteiger partial charge in [-0.2, -0.15) is 13.2 Å². The molecule has 6 nitrogen and oxygen atoms in total. The molecule has 0 unspecified atom stereocenters. The Bertz CT molecular complexity index is 776. The molecule has 0 spiro atoms. The van der Waals surface area contributed by atoms with Crippen LogP contribution in [0.25, 0.3) is 11.0 Å². The van der Waals surface area contributed by atoms with Crippen molar-refractivity contribution in [3.63, 3.8) is 0 Å². The zero-order valence-electron chi connectivity index (χ0n) is 14.3. The van der Waals surface area contributed by atoms with E-state index in [0.29, 0.717) is 16.6 Å². The zero-order valence-corrected chi connectivity index (χ0v) is 14.3. The maximum absolute atomic E-state index is 13.0. The summed E-state index contributed by atoms with van der Waals surface area (Å²) in [4.78, 5) is 16.0. The highest BCUT2D eigenvalue weighted by Crippen LogP contribution is 2.25. The van der Waals surface area contributed by atoms with E-state index in [4.69, 9.17) is 0 Å². The fourth-order valence-electron chi connectivity index (χ4n) is 3.50. The molecule has 1 aromatic heterocycles. The molecule has 1 aliphatic rings. The number of para-hydroxylation sites is 1. The molecule has 3 rings (SSSR count). The Morgan fingerprint density at radius 2 is 1.88 bits per heavy atom. The first kappa shape index (κ1) is 17.7. The third-order valence-electron chi connectivity index (χ3n) is 4.61. The summed E-state index contributed by atoms with van der Waals surface area (Å²) in [6, 6.07) is 4.45. The van der Waals surface area contributed by atoms with Crippen LogP contribution in [0.4, 0.5) is 13.2 Å². The summed E-state index contributed by atoms with van der Waals surface area (Å²) < 4.78 is 39.8. The second-order valence-corrected chi connectivity index (χ2v) is 6.58. The summed E-state index contributed by atoms with van der Waals surface area (Å²) in [5, 5.41) is 7.93. The topological polar surface area (TPSA) is 54.3 Å². The Labute approximate surface area is 143 Å². The largest absolute Gasteiger partial charge is 0.401 e. The molecule has 136 valence electrons. The van der Waals surface area contributed by atoms with E-state index in [2.05, 4.69) is 10.3 Å². The molecule has 2 aromatic rings. The van der Waals surface area contributed by atoms with Crippen LogP contribution in [0.3, 0.4) is 0 Å². The van der Waals surface area contributed by atoms with Gasteiger partial charge < -0.3 is 4.90 Å². The molecule has 1 fully saturated rings. The van der Waals surface area contributed by atoms with E-state index >= 15 is 0 Å². The number of aromatic nitrogens is 3. The van der Waals surface area contributed by atoms with Crippen molar-refractivity contribution in [2.24, 2.45) is 7.05 Å². The average molecular weight is 355 g/mol. The van der Waals surface area contributed by atoms with Crippen LogP contribution in [0.5, 0.6) is 0 Å². The standard InChI is InChI=1S/C16H20F3N5O/c1-10-7-23(8-11(2)24(10)9-16(17,18)19)15(25)12-5-4-6-13-14(12)22(3)21-20-13/h4-6,10-11H,7-9H2,1-3H3/t10-,11+. The number of rotatable bonds is 2. The predicted molar refractivity (Wildman–Crippen MR) is 86.1 cm³/mol. The lowest BCUT2D eigenvalue weighted by Gasteiger charge is -2.44. The summed E-state index contributed by atoms with van der Waals surface area (Å²) in [6.45, 7) is 2.97. The number of carbonyl (C=O) groups excluding carboxylic acids is 1. The van der Waals surface area contributed by atoms with Gasteiger partial charge >= 0.3 is 6.18 Å². The third-order valence-corrected chi connectivity index (χ3v) is 4.61. The molecular weight excluding hydrogens is 335 g/mol. The second-order valence-electron chi connectivity index (χ2n) is 6.58. The number of benzene rings is 1. The summed E-state index contributed by atoms with van der Waals surface area (Å²) in [5.74, 6) is -0.207.